The van der Waals surface area contributed by atoms with Gasteiger partial charge in [-0.2, -0.15) is 0 Å². The van der Waals surface area contributed by atoms with E-state index in [9.17, 15) is 9.59 Å². The van der Waals surface area contributed by atoms with Crippen molar-refractivity contribution in [2.24, 2.45) is 0 Å². The molecule has 6 nitrogen and oxygen atoms in total. The first-order valence-corrected chi connectivity index (χ1v) is 9.44. The van der Waals surface area contributed by atoms with Gasteiger partial charge in [-0.15, -0.1) is 0 Å². The van der Waals surface area contributed by atoms with Crippen molar-refractivity contribution in [1.29, 1.82) is 0 Å². The van der Waals surface area contributed by atoms with E-state index in [-0.39, 0.29) is 5.91 Å². The SMILES string of the molecule is CC(C)(Oc1ccc2c(c1)CCC2)C(=O)N1CCC[C@@]2(CNC(=O)O2)C1. The van der Waals surface area contributed by atoms with Gasteiger partial charge in [-0.05, 0) is 69.2 Å². The van der Waals surface area contributed by atoms with Gasteiger partial charge in [0.1, 0.15) is 11.4 Å². The molecule has 2 amide bonds. The summed E-state index contributed by atoms with van der Waals surface area (Å²) < 4.78 is 11.6. The maximum atomic E-state index is 13.1. The Hall–Kier alpha value is -2.24. The molecule has 1 aromatic rings. The Morgan fingerprint density at radius 1 is 1.27 bits per heavy atom. The van der Waals surface area contributed by atoms with E-state index in [4.69, 9.17) is 9.47 Å². The number of hydrogen-bond acceptors (Lipinski definition) is 4. The Labute approximate surface area is 153 Å². The molecule has 2 heterocycles. The van der Waals surface area contributed by atoms with Gasteiger partial charge in [0, 0.05) is 6.54 Å². The summed E-state index contributed by atoms with van der Waals surface area (Å²) in [5.41, 5.74) is 1.15. The molecular weight excluding hydrogens is 332 g/mol. The summed E-state index contributed by atoms with van der Waals surface area (Å²) in [4.78, 5) is 26.4. The zero-order valence-corrected chi connectivity index (χ0v) is 15.5. The number of piperidine rings is 1. The van der Waals surface area contributed by atoms with Crippen molar-refractivity contribution in [1.82, 2.24) is 10.2 Å². The Balaban J connectivity index is 1.46. The van der Waals surface area contributed by atoms with E-state index in [2.05, 4.69) is 17.4 Å². The van der Waals surface area contributed by atoms with Crippen LogP contribution < -0.4 is 10.1 Å². The van der Waals surface area contributed by atoms with Gasteiger partial charge in [-0.1, -0.05) is 6.07 Å². The van der Waals surface area contributed by atoms with Gasteiger partial charge in [0.15, 0.2) is 5.60 Å². The molecular formula is C20H26N2O4. The molecule has 1 atom stereocenters. The highest BCUT2D eigenvalue weighted by Gasteiger charge is 2.47. The molecule has 1 spiro atoms. The fraction of sp³-hybridized carbons (Fsp3) is 0.600. The van der Waals surface area contributed by atoms with Crippen molar-refractivity contribution in [2.75, 3.05) is 19.6 Å². The molecule has 140 valence electrons. The number of alkyl carbamates (subject to hydrolysis) is 1. The van der Waals surface area contributed by atoms with Crippen LogP contribution in [0.4, 0.5) is 4.79 Å². The third-order valence-electron chi connectivity index (χ3n) is 5.65. The maximum absolute atomic E-state index is 13.1. The first kappa shape index (κ1) is 17.2. The van der Waals surface area contributed by atoms with Crippen LogP contribution in [0.1, 0.15) is 44.2 Å². The molecule has 26 heavy (non-hydrogen) atoms. The summed E-state index contributed by atoms with van der Waals surface area (Å²) in [5.74, 6) is 0.671. The lowest BCUT2D eigenvalue weighted by atomic mass is 9.92. The molecule has 1 aromatic carbocycles. The number of hydrogen-bond donors (Lipinski definition) is 1. The van der Waals surface area contributed by atoms with E-state index < -0.39 is 17.3 Å². The van der Waals surface area contributed by atoms with E-state index in [0.29, 0.717) is 19.6 Å². The Kier molecular flexibility index (Phi) is 4.09. The zero-order valence-electron chi connectivity index (χ0n) is 15.5. The second-order valence-electron chi connectivity index (χ2n) is 8.15. The average molecular weight is 358 g/mol. The highest BCUT2D eigenvalue weighted by atomic mass is 16.6. The summed E-state index contributed by atoms with van der Waals surface area (Å²) in [5, 5.41) is 2.71. The number of carbonyl (C=O) groups is 2. The maximum Gasteiger partial charge on any atom is 0.407 e. The summed E-state index contributed by atoms with van der Waals surface area (Å²) in [6.45, 7) is 5.16. The smallest absolute Gasteiger partial charge is 0.407 e. The van der Waals surface area contributed by atoms with E-state index in [1.165, 1.54) is 17.5 Å². The molecule has 2 fully saturated rings. The largest absolute Gasteiger partial charge is 0.478 e. The van der Waals surface area contributed by atoms with Gasteiger partial charge >= 0.3 is 6.09 Å². The van der Waals surface area contributed by atoms with Crippen LogP contribution in [0, 0.1) is 0 Å². The van der Waals surface area contributed by atoms with Crippen LogP contribution in [0.25, 0.3) is 0 Å². The van der Waals surface area contributed by atoms with Gasteiger partial charge in [-0.3, -0.25) is 4.79 Å². The molecule has 0 bridgehead atoms. The van der Waals surface area contributed by atoms with Crippen LogP contribution in [0.5, 0.6) is 5.75 Å². The van der Waals surface area contributed by atoms with Crippen molar-refractivity contribution >= 4 is 12.0 Å². The first-order valence-electron chi connectivity index (χ1n) is 9.44. The minimum atomic E-state index is -0.971. The third-order valence-corrected chi connectivity index (χ3v) is 5.65. The Morgan fingerprint density at radius 2 is 2.08 bits per heavy atom. The van der Waals surface area contributed by atoms with Gasteiger partial charge in [-0.25, -0.2) is 4.79 Å². The molecule has 2 aliphatic heterocycles. The molecule has 1 N–H and O–H groups in total. The monoisotopic (exact) mass is 358 g/mol. The van der Waals surface area contributed by atoms with Crippen LogP contribution >= 0.6 is 0 Å². The molecule has 1 aliphatic carbocycles. The van der Waals surface area contributed by atoms with Gasteiger partial charge in [0.25, 0.3) is 5.91 Å². The second-order valence-corrected chi connectivity index (χ2v) is 8.15. The van der Waals surface area contributed by atoms with Crippen LogP contribution in [0.3, 0.4) is 0 Å². The van der Waals surface area contributed by atoms with E-state index in [1.807, 2.05) is 19.9 Å². The number of aryl methyl sites for hydroxylation is 2. The molecule has 2 saturated heterocycles. The van der Waals surface area contributed by atoms with Crippen molar-refractivity contribution in [3.05, 3.63) is 29.3 Å². The number of ether oxygens (including phenoxy) is 2. The Bertz CT molecular complexity index is 745. The van der Waals surface area contributed by atoms with Crippen molar-refractivity contribution in [2.45, 2.75) is 57.2 Å². The first-order chi connectivity index (χ1) is 12.4. The number of amides is 2. The van der Waals surface area contributed by atoms with Crippen molar-refractivity contribution in [3.63, 3.8) is 0 Å². The summed E-state index contributed by atoms with van der Waals surface area (Å²) in [6, 6.07) is 6.13. The quantitative estimate of drug-likeness (QED) is 0.901. The highest BCUT2D eigenvalue weighted by molar-refractivity contribution is 5.85. The average Bonchev–Trinajstić information content (AvgIpc) is 3.20. The number of carbonyl (C=O) groups excluding carboxylic acids is 2. The molecule has 0 aromatic heterocycles. The molecule has 0 saturated carbocycles. The number of nitrogens with one attached hydrogen (secondary N) is 1. The summed E-state index contributed by atoms with van der Waals surface area (Å²) in [7, 11) is 0. The lowest BCUT2D eigenvalue weighted by Crippen LogP contribution is -2.57. The van der Waals surface area contributed by atoms with E-state index in [0.717, 1.165) is 31.4 Å². The number of rotatable bonds is 3. The highest BCUT2D eigenvalue weighted by Crippen LogP contribution is 2.31. The molecule has 0 unspecified atom stereocenters. The standard InChI is InChI=1S/C20H26N2O4/c1-19(2,25-16-8-7-14-5-3-6-15(14)11-16)17(23)22-10-4-9-20(13-22)12-21-18(24)26-20/h7-8,11H,3-6,9-10,12-13H2,1-2H3,(H,21,24)/t20-/m1/s1. The van der Waals surface area contributed by atoms with E-state index >= 15 is 0 Å². The number of benzene rings is 1. The van der Waals surface area contributed by atoms with Crippen molar-refractivity contribution < 1.29 is 19.1 Å². The normalized spacial score (nSPS) is 25.0. The topological polar surface area (TPSA) is 67.9 Å². The zero-order chi connectivity index (χ0) is 18.4. The number of likely N-dealkylation sites (tertiary alicyclic amines) is 1. The van der Waals surface area contributed by atoms with Gasteiger partial charge < -0.3 is 19.7 Å². The Morgan fingerprint density at radius 3 is 2.85 bits per heavy atom. The lowest BCUT2D eigenvalue weighted by molar-refractivity contribution is -0.151. The fourth-order valence-electron chi connectivity index (χ4n) is 4.33. The minimum absolute atomic E-state index is 0.0694. The third kappa shape index (κ3) is 3.13. The number of fused-ring (bicyclic) bond motifs is 1. The molecule has 3 aliphatic rings. The lowest BCUT2D eigenvalue weighted by Gasteiger charge is -2.41. The molecule has 6 heteroatoms. The van der Waals surface area contributed by atoms with Crippen LogP contribution in [-0.4, -0.2) is 47.7 Å². The van der Waals surface area contributed by atoms with Crippen molar-refractivity contribution in [3.8, 4) is 5.75 Å². The molecule has 4 rings (SSSR count). The van der Waals surface area contributed by atoms with E-state index in [1.54, 1.807) is 4.90 Å². The van der Waals surface area contributed by atoms with Crippen LogP contribution in [0.2, 0.25) is 0 Å². The fourth-order valence-corrected chi connectivity index (χ4v) is 4.33. The second kappa shape index (κ2) is 6.18. The van der Waals surface area contributed by atoms with Crippen LogP contribution in [0.15, 0.2) is 18.2 Å². The summed E-state index contributed by atoms with van der Waals surface area (Å²) in [6.07, 6.45) is 4.59. The van der Waals surface area contributed by atoms with Gasteiger partial charge in [0.2, 0.25) is 0 Å². The van der Waals surface area contributed by atoms with Gasteiger partial charge in [0.05, 0.1) is 13.1 Å². The number of nitrogens with zero attached hydrogens (tertiary/aromatic N) is 1. The minimum Gasteiger partial charge on any atom is -0.478 e. The molecule has 0 radical (unpaired) electrons. The summed E-state index contributed by atoms with van der Waals surface area (Å²) >= 11 is 0. The predicted molar refractivity (Wildman–Crippen MR) is 96.2 cm³/mol. The van der Waals surface area contributed by atoms with Crippen LogP contribution in [-0.2, 0) is 22.4 Å². The predicted octanol–water partition coefficient (Wildman–Crippen LogP) is 2.43.